The summed E-state index contributed by atoms with van der Waals surface area (Å²) in [6.45, 7) is 1.38. The van der Waals surface area contributed by atoms with Crippen LogP contribution in [-0.2, 0) is 6.54 Å². The molecule has 2 rings (SSSR count). The normalized spacial score (nSPS) is 12.8. The Bertz CT molecular complexity index is 709. The fourth-order valence-electron chi connectivity index (χ4n) is 1.95. The van der Waals surface area contributed by atoms with Crippen molar-refractivity contribution in [3.05, 3.63) is 52.9 Å². The molecule has 1 aromatic heterocycles. The zero-order chi connectivity index (χ0) is 17.9. The van der Waals surface area contributed by atoms with Gasteiger partial charge in [0.15, 0.2) is 11.8 Å². The van der Waals surface area contributed by atoms with E-state index in [-0.39, 0.29) is 12.3 Å². The van der Waals surface area contributed by atoms with Crippen molar-refractivity contribution in [1.82, 2.24) is 15.8 Å². The molecule has 1 atom stereocenters. The van der Waals surface area contributed by atoms with E-state index in [9.17, 15) is 26.7 Å². The average molecular weight is 349 g/mol. The Balaban J connectivity index is 2.13. The zero-order valence-electron chi connectivity index (χ0n) is 12.2. The van der Waals surface area contributed by atoms with E-state index >= 15 is 0 Å². The number of rotatable bonds is 4. The highest BCUT2D eigenvalue weighted by Crippen LogP contribution is 2.35. The van der Waals surface area contributed by atoms with Gasteiger partial charge in [-0.15, -0.1) is 0 Å². The molecule has 0 bridgehead atoms. The lowest BCUT2D eigenvalue weighted by Gasteiger charge is -2.23. The van der Waals surface area contributed by atoms with E-state index in [4.69, 9.17) is 4.52 Å². The number of hydrogen-bond acceptors (Lipinski definition) is 3. The van der Waals surface area contributed by atoms with Gasteiger partial charge in [0, 0.05) is 6.07 Å². The van der Waals surface area contributed by atoms with Crippen molar-refractivity contribution in [2.24, 2.45) is 0 Å². The molecule has 0 saturated carbocycles. The third kappa shape index (κ3) is 4.21. The molecule has 2 aromatic rings. The van der Waals surface area contributed by atoms with E-state index in [0.717, 1.165) is 6.07 Å². The molecule has 24 heavy (non-hydrogen) atoms. The van der Waals surface area contributed by atoms with Crippen molar-refractivity contribution in [2.45, 2.75) is 25.7 Å². The molecule has 0 fully saturated rings. The number of aromatic nitrogens is 1. The quantitative estimate of drug-likeness (QED) is 0.832. The molecule has 130 valence electrons. The first-order valence-corrected chi connectivity index (χ1v) is 6.65. The monoisotopic (exact) mass is 349 g/mol. The predicted octanol–water partition coefficient (Wildman–Crippen LogP) is 3.36. The second kappa shape index (κ2) is 6.85. The number of carbonyl (C=O) groups is 1. The van der Waals surface area contributed by atoms with Crippen LogP contribution in [0.1, 0.15) is 23.1 Å². The van der Waals surface area contributed by atoms with Crippen LogP contribution in [0.5, 0.6) is 0 Å². The Morgan fingerprint density at radius 1 is 1.29 bits per heavy atom. The second-order valence-electron chi connectivity index (χ2n) is 4.87. The van der Waals surface area contributed by atoms with E-state index in [2.05, 4.69) is 10.5 Å². The number of benzene rings is 1. The fourth-order valence-corrected chi connectivity index (χ4v) is 1.95. The molecule has 0 spiro atoms. The molecule has 2 N–H and O–H groups in total. The summed E-state index contributed by atoms with van der Waals surface area (Å²) in [4.78, 5) is 11.6. The van der Waals surface area contributed by atoms with Gasteiger partial charge in [0.2, 0.25) is 0 Å². The lowest BCUT2D eigenvalue weighted by atomic mass is 10.1. The molecule has 0 aliphatic rings. The highest BCUT2D eigenvalue weighted by molar-refractivity contribution is 5.74. The topological polar surface area (TPSA) is 67.2 Å². The smallest absolute Gasteiger partial charge is 0.359 e. The number of amides is 2. The first kappa shape index (κ1) is 17.7. The average Bonchev–Trinajstić information content (AvgIpc) is 2.88. The minimum Gasteiger partial charge on any atom is -0.359 e. The molecule has 2 amide bonds. The SMILES string of the molecule is Cc1cc(CNC(=O)NC(c2c(F)cccc2F)C(F)(F)F)on1. The van der Waals surface area contributed by atoms with E-state index in [1.165, 1.54) is 11.4 Å². The highest BCUT2D eigenvalue weighted by atomic mass is 19.4. The Morgan fingerprint density at radius 2 is 1.92 bits per heavy atom. The van der Waals surface area contributed by atoms with Crippen LogP contribution >= 0.6 is 0 Å². The van der Waals surface area contributed by atoms with Gasteiger partial charge < -0.3 is 15.2 Å². The van der Waals surface area contributed by atoms with Gasteiger partial charge in [-0.05, 0) is 19.1 Å². The molecule has 1 unspecified atom stereocenters. The summed E-state index contributed by atoms with van der Waals surface area (Å²) in [6.07, 6.45) is -5.09. The third-order valence-electron chi connectivity index (χ3n) is 2.99. The van der Waals surface area contributed by atoms with Crippen molar-refractivity contribution in [3.8, 4) is 0 Å². The molecule has 0 aliphatic carbocycles. The fraction of sp³-hybridized carbons (Fsp3) is 0.286. The van der Waals surface area contributed by atoms with Gasteiger partial charge in [-0.25, -0.2) is 13.6 Å². The lowest BCUT2D eigenvalue weighted by Crippen LogP contribution is -2.44. The maximum Gasteiger partial charge on any atom is 0.413 e. The minimum atomic E-state index is -5.09. The molecule has 0 radical (unpaired) electrons. The number of hydrogen-bond donors (Lipinski definition) is 2. The standard InChI is InChI=1S/C14H12F5N3O2/c1-7-5-8(24-22-7)6-20-13(23)21-12(14(17,18)19)11-9(15)3-2-4-10(11)16/h2-5,12H,6H2,1H3,(H2,20,21,23). The molecule has 1 aromatic carbocycles. The van der Waals surface area contributed by atoms with Crippen molar-refractivity contribution >= 4 is 6.03 Å². The predicted molar refractivity (Wildman–Crippen MR) is 71.8 cm³/mol. The van der Waals surface area contributed by atoms with Gasteiger partial charge in [-0.1, -0.05) is 11.2 Å². The van der Waals surface area contributed by atoms with Gasteiger partial charge in [-0.2, -0.15) is 13.2 Å². The van der Waals surface area contributed by atoms with Crippen LogP contribution in [0, 0.1) is 18.6 Å². The zero-order valence-corrected chi connectivity index (χ0v) is 12.2. The van der Waals surface area contributed by atoms with Gasteiger partial charge in [0.1, 0.15) is 11.6 Å². The number of nitrogens with zero attached hydrogens (tertiary/aromatic N) is 1. The van der Waals surface area contributed by atoms with Crippen LogP contribution in [0.3, 0.4) is 0 Å². The van der Waals surface area contributed by atoms with Crippen LogP contribution < -0.4 is 10.6 Å². The molecule has 10 heteroatoms. The molecular formula is C14H12F5N3O2. The third-order valence-corrected chi connectivity index (χ3v) is 2.99. The van der Waals surface area contributed by atoms with Crippen molar-refractivity contribution in [3.63, 3.8) is 0 Å². The Kier molecular flexibility index (Phi) is 5.05. The van der Waals surface area contributed by atoms with E-state index in [1.54, 1.807) is 6.92 Å². The molecule has 5 nitrogen and oxygen atoms in total. The molecule has 0 aliphatic heterocycles. The first-order chi connectivity index (χ1) is 11.2. The Hall–Kier alpha value is -2.65. The summed E-state index contributed by atoms with van der Waals surface area (Å²) < 4.78 is 71.2. The number of carbonyl (C=O) groups excluding carboxylic acids is 1. The van der Waals surface area contributed by atoms with Crippen molar-refractivity contribution in [1.29, 1.82) is 0 Å². The number of nitrogens with one attached hydrogen (secondary N) is 2. The Labute approximate surface area is 132 Å². The van der Waals surface area contributed by atoms with Crippen LogP contribution in [0.15, 0.2) is 28.8 Å². The molecule has 0 saturated heterocycles. The van der Waals surface area contributed by atoms with E-state index in [1.807, 2.05) is 0 Å². The Morgan fingerprint density at radius 3 is 2.42 bits per heavy atom. The maximum absolute atomic E-state index is 13.6. The highest BCUT2D eigenvalue weighted by Gasteiger charge is 2.44. The summed E-state index contributed by atoms with van der Waals surface area (Å²) in [5, 5.41) is 7.15. The van der Waals surface area contributed by atoms with Crippen LogP contribution in [-0.4, -0.2) is 17.4 Å². The van der Waals surface area contributed by atoms with Crippen molar-refractivity contribution in [2.75, 3.05) is 0 Å². The second-order valence-corrected chi connectivity index (χ2v) is 4.87. The van der Waals surface area contributed by atoms with Crippen LogP contribution in [0.4, 0.5) is 26.7 Å². The lowest BCUT2D eigenvalue weighted by molar-refractivity contribution is -0.156. The molecular weight excluding hydrogens is 337 g/mol. The largest absolute Gasteiger partial charge is 0.413 e. The van der Waals surface area contributed by atoms with E-state index in [0.29, 0.717) is 17.8 Å². The van der Waals surface area contributed by atoms with Crippen LogP contribution in [0.25, 0.3) is 0 Å². The summed E-state index contributed by atoms with van der Waals surface area (Å²) in [6, 6.07) is -0.363. The van der Waals surface area contributed by atoms with Gasteiger partial charge in [0.25, 0.3) is 0 Å². The van der Waals surface area contributed by atoms with Gasteiger partial charge in [-0.3, -0.25) is 0 Å². The summed E-state index contributed by atoms with van der Waals surface area (Å²) in [5.41, 5.74) is -0.760. The number of halogens is 5. The molecule has 1 heterocycles. The maximum atomic E-state index is 13.6. The van der Waals surface area contributed by atoms with Crippen LogP contribution in [0.2, 0.25) is 0 Å². The summed E-state index contributed by atoms with van der Waals surface area (Å²) in [5.74, 6) is -2.62. The van der Waals surface area contributed by atoms with Crippen molar-refractivity contribution < 1.29 is 31.3 Å². The number of urea groups is 1. The van der Waals surface area contributed by atoms with Gasteiger partial charge in [0.05, 0.1) is 17.8 Å². The number of aryl methyl sites for hydroxylation is 1. The summed E-state index contributed by atoms with van der Waals surface area (Å²) >= 11 is 0. The first-order valence-electron chi connectivity index (χ1n) is 6.65. The minimum absolute atomic E-state index is 0.211. The van der Waals surface area contributed by atoms with E-state index < -0.39 is 35.4 Å². The summed E-state index contributed by atoms with van der Waals surface area (Å²) in [7, 11) is 0. The number of alkyl halides is 3. The van der Waals surface area contributed by atoms with Gasteiger partial charge >= 0.3 is 12.2 Å².